The van der Waals surface area contributed by atoms with Crippen molar-refractivity contribution in [2.45, 2.75) is 4.90 Å². The summed E-state index contributed by atoms with van der Waals surface area (Å²) in [6.07, 6.45) is 0. The van der Waals surface area contributed by atoms with Gasteiger partial charge in [-0.1, -0.05) is 35.6 Å². The third-order valence-corrected chi connectivity index (χ3v) is 7.35. The average Bonchev–Trinajstić information content (AvgIpc) is 3.16. The van der Waals surface area contributed by atoms with E-state index in [1.54, 1.807) is 12.1 Å². The lowest BCUT2D eigenvalue weighted by Crippen LogP contribution is -2.40. The van der Waals surface area contributed by atoms with Crippen molar-refractivity contribution in [1.82, 2.24) is 9.29 Å². The summed E-state index contributed by atoms with van der Waals surface area (Å²) in [5, 5.41) is 3.69. The SMILES string of the molecule is O=C(CNc1nc2ccccc2s1)c1cccc(S(=O)(=O)N2CCOCC2)c1. The zero-order chi connectivity index (χ0) is 19.6. The standard InChI is InChI=1S/C19H19N3O4S2/c23-17(13-20-19-21-16-6-1-2-7-18(16)27-19)14-4-3-5-15(12-14)28(24,25)22-8-10-26-11-9-22/h1-7,12H,8-11,13H2,(H,20,21). The predicted molar refractivity (Wildman–Crippen MR) is 108 cm³/mol. The van der Waals surface area contributed by atoms with Crippen LogP contribution in [0.25, 0.3) is 10.2 Å². The van der Waals surface area contributed by atoms with Crippen LogP contribution in [0.15, 0.2) is 53.4 Å². The summed E-state index contributed by atoms with van der Waals surface area (Å²) >= 11 is 1.47. The minimum absolute atomic E-state index is 0.0425. The Hall–Kier alpha value is -2.33. The van der Waals surface area contributed by atoms with Gasteiger partial charge in [-0.25, -0.2) is 13.4 Å². The van der Waals surface area contributed by atoms with Gasteiger partial charge in [0.1, 0.15) is 0 Å². The van der Waals surface area contributed by atoms with Gasteiger partial charge in [-0.05, 0) is 24.3 Å². The van der Waals surface area contributed by atoms with Crippen molar-refractivity contribution in [2.24, 2.45) is 0 Å². The first kappa shape index (κ1) is 19.0. The van der Waals surface area contributed by atoms with Crippen molar-refractivity contribution >= 4 is 42.5 Å². The van der Waals surface area contributed by atoms with Crippen molar-refractivity contribution in [3.8, 4) is 0 Å². The molecular formula is C19H19N3O4S2. The zero-order valence-corrected chi connectivity index (χ0v) is 16.6. The van der Waals surface area contributed by atoms with E-state index < -0.39 is 10.0 Å². The lowest BCUT2D eigenvalue weighted by Gasteiger charge is -2.26. The summed E-state index contributed by atoms with van der Waals surface area (Å²) in [6, 6.07) is 13.9. The molecule has 0 aliphatic carbocycles. The Labute approximate surface area is 167 Å². The van der Waals surface area contributed by atoms with Gasteiger partial charge in [0.15, 0.2) is 10.9 Å². The van der Waals surface area contributed by atoms with Crippen LogP contribution in [-0.2, 0) is 14.8 Å². The fourth-order valence-electron chi connectivity index (χ4n) is 2.97. The molecule has 0 spiro atoms. The van der Waals surface area contributed by atoms with Crippen LogP contribution < -0.4 is 5.32 Å². The topological polar surface area (TPSA) is 88.6 Å². The number of morpholine rings is 1. The van der Waals surface area contributed by atoms with Crippen molar-refractivity contribution in [3.63, 3.8) is 0 Å². The molecule has 1 aliphatic rings. The van der Waals surface area contributed by atoms with Crippen LogP contribution in [0.5, 0.6) is 0 Å². The summed E-state index contributed by atoms with van der Waals surface area (Å²) in [5.74, 6) is -0.196. The highest BCUT2D eigenvalue weighted by Gasteiger charge is 2.26. The first-order valence-corrected chi connectivity index (χ1v) is 11.1. The molecule has 146 valence electrons. The molecule has 3 aromatic rings. The van der Waals surface area contributed by atoms with Gasteiger partial charge in [0.2, 0.25) is 10.0 Å². The summed E-state index contributed by atoms with van der Waals surface area (Å²) in [5.41, 5.74) is 1.23. The van der Waals surface area contributed by atoms with Gasteiger partial charge in [0.25, 0.3) is 0 Å². The Kier molecular flexibility index (Phi) is 5.40. The van der Waals surface area contributed by atoms with E-state index in [1.807, 2.05) is 24.3 Å². The maximum Gasteiger partial charge on any atom is 0.243 e. The van der Waals surface area contributed by atoms with Crippen molar-refractivity contribution in [3.05, 3.63) is 54.1 Å². The molecule has 0 unspecified atom stereocenters. The van der Waals surface area contributed by atoms with E-state index in [0.717, 1.165) is 10.2 Å². The van der Waals surface area contributed by atoms with Crippen LogP contribution in [0.2, 0.25) is 0 Å². The molecule has 2 aromatic carbocycles. The number of para-hydroxylation sites is 1. The quantitative estimate of drug-likeness (QED) is 0.620. The fourth-order valence-corrected chi connectivity index (χ4v) is 5.29. The van der Waals surface area contributed by atoms with Crippen LogP contribution in [-0.4, -0.2) is 56.3 Å². The predicted octanol–water partition coefficient (Wildman–Crippen LogP) is 2.61. The molecule has 1 saturated heterocycles. The number of benzene rings is 2. The van der Waals surface area contributed by atoms with E-state index in [0.29, 0.717) is 37.0 Å². The van der Waals surface area contributed by atoms with E-state index in [9.17, 15) is 13.2 Å². The number of Topliss-reactive ketones (excluding diaryl/α,β-unsaturated/α-hetero) is 1. The van der Waals surface area contributed by atoms with Crippen LogP contribution in [0, 0.1) is 0 Å². The number of thiazole rings is 1. The molecule has 0 atom stereocenters. The molecule has 1 aromatic heterocycles. The summed E-state index contributed by atoms with van der Waals surface area (Å²) in [7, 11) is -3.63. The third kappa shape index (κ3) is 3.93. The normalized spacial score (nSPS) is 15.6. The van der Waals surface area contributed by atoms with Crippen LogP contribution in [0.1, 0.15) is 10.4 Å². The molecule has 0 radical (unpaired) electrons. The largest absolute Gasteiger partial charge is 0.379 e. The molecule has 7 nitrogen and oxygen atoms in total. The maximum atomic E-state index is 12.8. The molecule has 2 heterocycles. The molecule has 0 amide bonds. The second kappa shape index (κ2) is 7.96. The van der Waals surface area contributed by atoms with Gasteiger partial charge < -0.3 is 10.1 Å². The molecule has 9 heteroatoms. The highest BCUT2D eigenvalue weighted by atomic mass is 32.2. The van der Waals surface area contributed by atoms with E-state index in [-0.39, 0.29) is 17.2 Å². The molecule has 28 heavy (non-hydrogen) atoms. The number of carbonyl (C=O) groups excluding carboxylic acids is 1. The second-order valence-electron chi connectivity index (χ2n) is 6.31. The molecule has 4 rings (SSSR count). The van der Waals surface area contributed by atoms with Crippen LogP contribution in [0.4, 0.5) is 5.13 Å². The van der Waals surface area contributed by atoms with Gasteiger partial charge in [0.05, 0.1) is 34.9 Å². The summed E-state index contributed by atoms with van der Waals surface area (Å²) in [6.45, 7) is 1.44. The summed E-state index contributed by atoms with van der Waals surface area (Å²) in [4.78, 5) is 17.1. The molecule has 1 fully saturated rings. The second-order valence-corrected chi connectivity index (χ2v) is 9.28. The van der Waals surface area contributed by atoms with Crippen molar-refractivity contribution in [1.29, 1.82) is 0 Å². The zero-order valence-electron chi connectivity index (χ0n) is 15.0. The number of fused-ring (bicyclic) bond motifs is 1. The number of rotatable bonds is 6. The Balaban J connectivity index is 1.48. The van der Waals surface area contributed by atoms with Gasteiger partial charge >= 0.3 is 0 Å². The van der Waals surface area contributed by atoms with E-state index >= 15 is 0 Å². The highest BCUT2D eigenvalue weighted by molar-refractivity contribution is 7.89. The van der Waals surface area contributed by atoms with Gasteiger partial charge in [0, 0.05) is 18.7 Å². The van der Waals surface area contributed by atoms with E-state index in [4.69, 9.17) is 4.74 Å². The number of hydrogen-bond acceptors (Lipinski definition) is 7. The number of carbonyl (C=O) groups is 1. The third-order valence-electron chi connectivity index (χ3n) is 4.46. The fraction of sp³-hybridized carbons (Fsp3) is 0.263. The van der Waals surface area contributed by atoms with Crippen LogP contribution >= 0.6 is 11.3 Å². The Morgan fingerprint density at radius 1 is 1.14 bits per heavy atom. The first-order chi connectivity index (χ1) is 13.5. The highest BCUT2D eigenvalue weighted by Crippen LogP contribution is 2.25. The van der Waals surface area contributed by atoms with Gasteiger partial charge in [-0.3, -0.25) is 4.79 Å². The molecule has 0 bridgehead atoms. The summed E-state index contributed by atoms with van der Waals surface area (Å²) < 4.78 is 33.2. The molecule has 1 N–H and O–H groups in total. The van der Waals surface area contributed by atoms with Gasteiger partial charge in [-0.2, -0.15) is 4.31 Å². The molecule has 1 aliphatic heterocycles. The minimum atomic E-state index is -3.63. The number of aromatic nitrogens is 1. The van der Waals surface area contributed by atoms with Crippen molar-refractivity contribution in [2.75, 3.05) is 38.2 Å². The Bertz CT molecular complexity index is 1070. The number of nitrogens with one attached hydrogen (secondary N) is 1. The van der Waals surface area contributed by atoms with E-state index in [1.165, 1.54) is 27.8 Å². The average molecular weight is 418 g/mol. The Morgan fingerprint density at radius 2 is 1.93 bits per heavy atom. The van der Waals surface area contributed by atoms with E-state index in [2.05, 4.69) is 10.3 Å². The van der Waals surface area contributed by atoms with Crippen molar-refractivity contribution < 1.29 is 17.9 Å². The molecule has 0 saturated carbocycles. The Morgan fingerprint density at radius 3 is 2.71 bits per heavy atom. The monoisotopic (exact) mass is 417 g/mol. The number of hydrogen-bond donors (Lipinski definition) is 1. The first-order valence-electron chi connectivity index (χ1n) is 8.85. The molecular weight excluding hydrogens is 398 g/mol. The number of ketones is 1. The number of sulfonamides is 1. The van der Waals surface area contributed by atoms with Crippen LogP contribution in [0.3, 0.4) is 0 Å². The maximum absolute atomic E-state index is 12.8. The van der Waals surface area contributed by atoms with Gasteiger partial charge in [-0.15, -0.1) is 0 Å². The number of ether oxygens (including phenoxy) is 1. The number of anilines is 1. The minimum Gasteiger partial charge on any atom is -0.379 e. The lowest BCUT2D eigenvalue weighted by molar-refractivity contribution is 0.0730. The lowest BCUT2D eigenvalue weighted by atomic mass is 10.1. The smallest absolute Gasteiger partial charge is 0.243 e. The number of nitrogens with zero attached hydrogens (tertiary/aromatic N) is 2.